The summed E-state index contributed by atoms with van der Waals surface area (Å²) in [4.78, 5) is 11.9. The zero-order chi connectivity index (χ0) is 28.4. The largest absolute Gasteiger partial charge is 0.466 e. The second-order valence-electron chi connectivity index (χ2n) is 7.49. The SMILES string of the molecule is CCOC(=O)C(CN(O)Cc1ccccc1)CC(F)(F)C(F)(F)C(F)(F)C(F)(F)C(F)(F)C(F)(F)F. The second kappa shape index (κ2) is 10.6. The fourth-order valence-corrected chi connectivity index (χ4v) is 2.84. The summed E-state index contributed by atoms with van der Waals surface area (Å²) in [5.41, 5.74) is 0.264. The molecule has 0 spiro atoms. The van der Waals surface area contributed by atoms with E-state index in [9.17, 15) is 67.1 Å². The molecule has 0 aliphatic rings. The third-order valence-corrected chi connectivity index (χ3v) is 4.76. The molecule has 208 valence electrons. The van der Waals surface area contributed by atoms with Crippen LogP contribution in [0.15, 0.2) is 30.3 Å². The molecule has 17 heteroatoms. The van der Waals surface area contributed by atoms with Crippen molar-refractivity contribution in [1.82, 2.24) is 5.06 Å². The standard InChI is InChI=1S/C19H18F13NO3/c1-2-36-13(34)12(10-33(35)9-11-6-4-3-5-7-11)8-14(20,21)15(22,23)16(24,25)17(26,27)18(28,29)19(30,31)32/h3-7,12,35H,2,8-10H2,1H3. The van der Waals surface area contributed by atoms with E-state index >= 15 is 0 Å². The maximum absolute atomic E-state index is 14.2. The molecule has 1 unspecified atom stereocenters. The Kier molecular flexibility index (Phi) is 9.34. The Morgan fingerprint density at radius 2 is 1.31 bits per heavy atom. The van der Waals surface area contributed by atoms with Crippen LogP contribution in [-0.2, 0) is 16.1 Å². The van der Waals surface area contributed by atoms with E-state index in [0.717, 1.165) is 6.92 Å². The molecule has 1 aromatic rings. The maximum Gasteiger partial charge on any atom is 0.460 e. The van der Waals surface area contributed by atoms with E-state index in [2.05, 4.69) is 4.74 Å². The molecular formula is C19H18F13NO3. The van der Waals surface area contributed by atoms with E-state index in [1.807, 2.05) is 0 Å². The highest BCUT2D eigenvalue weighted by atomic mass is 19.4. The van der Waals surface area contributed by atoms with Gasteiger partial charge in [0.05, 0.1) is 12.5 Å². The van der Waals surface area contributed by atoms with Gasteiger partial charge in [0.25, 0.3) is 0 Å². The number of alkyl halides is 13. The smallest absolute Gasteiger partial charge is 0.460 e. The number of carbonyl (C=O) groups is 1. The number of nitrogens with zero attached hydrogens (tertiary/aromatic N) is 1. The number of rotatable bonds is 12. The Balaban J connectivity index is 3.32. The highest BCUT2D eigenvalue weighted by Crippen LogP contribution is 2.61. The number of benzene rings is 1. The summed E-state index contributed by atoms with van der Waals surface area (Å²) >= 11 is 0. The molecule has 0 fully saturated rings. The van der Waals surface area contributed by atoms with Crippen LogP contribution in [0.4, 0.5) is 57.1 Å². The number of halogens is 13. The van der Waals surface area contributed by atoms with Crippen molar-refractivity contribution >= 4 is 5.97 Å². The van der Waals surface area contributed by atoms with Crippen LogP contribution in [0.1, 0.15) is 18.9 Å². The van der Waals surface area contributed by atoms with Crippen molar-refractivity contribution in [1.29, 1.82) is 0 Å². The highest BCUT2D eigenvalue weighted by Gasteiger charge is 2.90. The van der Waals surface area contributed by atoms with E-state index in [0.29, 0.717) is 0 Å². The second-order valence-corrected chi connectivity index (χ2v) is 7.49. The summed E-state index contributed by atoms with van der Waals surface area (Å²) in [5, 5.41) is 9.96. The van der Waals surface area contributed by atoms with Gasteiger partial charge in [-0.2, -0.15) is 62.1 Å². The molecule has 0 aliphatic carbocycles. The summed E-state index contributed by atoms with van der Waals surface area (Å²) in [5.74, 6) is -42.3. The first kappa shape index (κ1) is 31.7. The van der Waals surface area contributed by atoms with Crippen molar-refractivity contribution in [2.75, 3.05) is 13.2 Å². The maximum atomic E-state index is 14.2. The van der Waals surface area contributed by atoms with E-state index in [1.165, 1.54) is 30.3 Å². The van der Waals surface area contributed by atoms with Gasteiger partial charge in [0.1, 0.15) is 0 Å². The summed E-state index contributed by atoms with van der Waals surface area (Å²) in [6, 6.07) is 7.15. The lowest BCUT2D eigenvalue weighted by atomic mass is 9.89. The molecule has 36 heavy (non-hydrogen) atoms. The van der Waals surface area contributed by atoms with Gasteiger partial charge in [-0.25, -0.2) is 0 Å². The molecular weight excluding hydrogens is 537 g/mol. The number of hydrogen-bond donors (Lipinski definition) is 1. The van der Waals surface area contributed by atoms with E-state index < -0.39 is 73.8 Å². The van der Waals surface area contributed by atoms with Crippen LogP contribution in [0.5, 0.6) is 0 Å². The number of ether oxygens (including phenoxy) is 1. The summed E-state index contributed by atoms with van der Waals surface area (Å²) in [6.45, 7) is -1.38. The molecule has 1 N–H and O–H groups in total. The minimum atomic E-state index is -8.04. The van der Waals surface area contributed by atoms with Crippen LogP contribution >= 0.6 is 0 Å². The van der Waals surface area contributed by atoms with Crippen LogP contribution in [0.25, 0.3) is 0 Å². The van der Waals surface area contributed by atoms with Gasteiger partial charge in [0.2, 0.25) is 0 Å². The Hall–Kier alpha value is -2.30. The third-order valence-electron chi connectivity index (χ3n) is 4.76. The molecule has 1 atom stereocenters. The van der Waals surface area contributed by atoms with Crippen molar-refractivity contribution in [2.24, 2.45) is 5.92 Å². The van der Waals surface area contributed by atoms with E-state index in [-0.39, 0.29) is 10.6 Å². The number of carbonyl (C=O) groups excluding carboxylic acids is 1. The third kappa shape index (κ3) is 5.98. The van der Waals surface area contributed by atoms with Gasteiger partial charge >= 0.3 is 41.8 Å². The van der Waals surface area contributed by atoms with Crippen molar-refractivity contribution < 1.29 is 71.8 Å². The Bertz CT molecular complexity index is 875. The Morgan fingerprint density at radius 1 is 0.833 bits per heavy atom. The molecule has 0 radical (unpaired) electrons. The summed E-state index contributed by atoms with van der Waals surface area (Å²) in [6.07, 6.45) is -10.3. The average Bonchev–Trinajstić information content (AvgIpc) is 2.72. The van der Waals surface area contributed by atoms with Gasteiger partial charge in [-0.15, -0.1) is 0 Å². The van der Waals surface area contributed by atoms with Gasteiger partial charge in [0.15, 0.2) is 0 Å². The van der Waals surface area contributed by atoms with Gasteiger partial charge in [-0.05, 0) is 12.5 Å². The first-order valence-electron chi connectivity index (χ1n) is 9.67. The minimum absolute atomic E-state index is 0.0791. The van der Waals surface area contributed by atoms with Crippen molar-refractivity contribution in [2.45, 2.75) is 55.7 Å². The van der Waals surface area contributed by atoms with Crippen molar-refractivity contribution in [3.8, 4) is 0 Å². The monoisotopic (exact) mass is 555 g/mol. The first-order valence-corrected chi connectivity index (χ1v) is 9.67. The zero-order valence-corrected chi connectivity index (χ0v) is 17.9. The molecule has 1 aromatic carbocycles. The zero-order valence-electron chi connectivity index (χ0n) is 17.9. The molecule has 0 heterocycles. The predicted octanol–water partition coefficient (Wildman–Crippen LogP) is 6.19. The average molecular weight is 555 g/mol. The molecule has 0 saturated carbocycles. The topological polar surface area (TPSA) is 49.8 Å². The molecule has 0 amide bonds. The fourth-order valence-electron chi connectivity index (χ4n) is 2.84. The van der Waals surface area contributed by atoms with Crippen LogP contribution in [0.2, 0.25) is 0 Å². The Labute approximate surface area is 194 Å². The van der Waals surface area contributed by atoms with Gasteiger partial charge < -0.3 is 9.94 Å². The lowest BCUT2D eigenvalue weighted by Gasteiger charge is -2.40. The first-order chi connectivity index (χ1) is 16.1. The van der Waals surface area contributed by atoms with Gasteiger partial charge in [0, 0.05) is 19.5 Å². The van der Waals surface area contributed by atoms with Crippen LogP contribution < -0.4 is 0 Å². The molecule has 0 bridgehead atoms. The van der Waals surface area contributed by atoms with Crippen molar-refractivity contribution in [3.05, 3.63) is 35.9 Å². The molecule has 0 aromatic heterocycles. The lowest BCUT2D eigenvalue weighted by Crippen LogP contribution is -2.70. The van der Waals surface area contributed by atoms with Crippen LogP contribution in [0, 0.1) is 5.92 Å². The van der Waals surface area contributed by atoms with E-state index in [4.69, 9.17) is 0 Å². The molecule has 4 nitrogen and oxygen atoms in total. The lowest BCUT2D eigenvalue weighted by molar-refractivity contribution is -0.440. The minimum Gasteiger partial charge on any atom is -0.466 e. The van der Waals surface area contributed by atoms with Gasteiger partial charge in [-0.3, -0.25) is 4.79 Å². The summed E-state index contributed by atoms with van der Waals surface area (Å²) in [7, 11) is 0. The Morgan fingerprint density at radius 3 is 1.75 bits per heavy atom. The van der Waals surface area contributed by atoms with E-state index in [1.54, 1.807) is 0 Å². The van der Waals surface area contributed by atoms with Crippen LogP contribution in [-0.4, -0.2) is 65.2 Å². The predicted molar refractivity (Wildman–Crippen MR) is 94.2 cm³/mol. The molecule has 1 rings (SSSR count). The van der Waals surface area contributed by atoms with Gasteiger partial charge in [-0.1, -0.05) is 30.3 Å². The molecule has 0 saturated heterocycles. The highest BCUT2D eigenvalue weighted by molar-refractivity contribution is 5.72. The normalized spacial score (nSPS) is 15.2. The van der Waals surface area contributed by atoms with Crippen LogP contribution in [0.3, 0.4) is 0 Å². The number of hydrogen-bond acceptors (Lipinski definition) is 4. The summed E-state index contributed by atoms with van der Waals surface area (Å²) < 4.78 is 177. The molecule has 0 aliphatic heterocycles. The number of hydroxylamine groups is 2. The fraction of sp³-hybridized carbons (Fsp3) is 0.632. The quantitative estimate of drug-likeness (QED) is 0.190. The number of esters is 1. The van der Waals surface area contributed by atoms with Crippen molar-refractivity contribution in [3.63, 3.8) is 0 Å².